The second-order valence-corrected chi connectivity index (χ2v) is 7.69. The fourth-order valence-electron chi connectivity index (χ4n) is 3.19. The minimum Gasteiger partial charge on any atom is -0.484 e. The molecule has 30 heavy (non-hydrogen) atoms. The Labute approximate surface area is 175 Å². The SMILES string of the molecule is CC(C)C[C@H](NC(=O)COc1ccc(F)cc1)C(=O)N[C@H](C#N)C[C@@H]1CCNC1=O. The van der Waals surface area contributed by atoms with E-state index in [2.05, 4.69) is 16.0 Å². The summed E-state index contributed by atoms with van der Waals surface area (Å²) >= 11 is 0. The van der Waals surface area contributed by atoms with E-state index in [1.807, 2.05) is 19.9 Å². The van der Waals surface area contributed by atoms with Gasteiger partial charge in [0, 0.05) is 12.5 Å². The van der Waals surface area contributed by atoms with E-state index < -0.39 is 29.7 Å². The van der Waals surface area contributed by atoms with Gasteiger partial charge in [0.05, 0.1) is 6.07 Å². The normalized spacial score (nSPS) is 17.6. The zero-order valence-corrected chi connectivity index (χ0v) is 17.1. The Balaban J connectivity index is 1.91. The van der Waals surface area contributed by atoms with Crippen molar-refractivity contribution in [2.45, 2.75) is 45.2 Å². The number of carbonyl (C=O) groups is 3. The molecule has 0 unspecified atom stereocenters. The first kappa shape index (κ1) is 23.1. The molecule has 1 aliphatic rings. The van der Waals surface area contributed by atoms with Crippen molar-refractivity contribution in [2.24, 2.45) is 11.8 Å². The summed E-state index contributed by atoms with van der Waals surface area (Å²) in [6, 6.07) is 5.58. The number of ether oxygens (including phenoxy) is 1. The average molecular weight is 418 g/mol. The molecule has 3 amide bonds. The van der Waals surface area contributed by atoms with Gasteiger partial charge < -0.3 is 20.7 Å². The van der Waals surface area contributed by atoms with Gasteiger partial charge in [-0.1, -0.05) is 13.8 Å². The molecule has 1 aromatic rings. The Morgan fingerprint density at radius 3 is 2.57 bits per heavy atom. The van der Waals surface area contributed by atoms with Crippen LogP contribution >= 0.6 is 0 Å². The summed E-state index contributed by atoms with van der Waals surface area (Å²) in [4.78, 5) is 36.7. The predicted molar refractivity (Wildman–Crippen MR) is 107 cm³/mol. The van der Waals surface area contributed by atoms with Crippen molar-refractivity contribution in [1.82, 2.24) is 16.0 Å². The van der Waals surface area contributed by atoms with Crippen LogP contribution in [0.5, 0.6) is 5.75 Å². The van der Waals surface area contributed by atoms with E-state index in [0.29, 0.717) is 25.1 Å². The van der Waals surface area contributed by atoms with Gasteiger partial charge in [0.1, 0.15) is 23.7 Å². The summed E-state index contributed by atoms with van der Waals surface area (Å²) in [7, 11) is 0. The molecule has 3 atom stereocenters. The molecule has 0 bridgehead atoms. The van der Waals surface area contributed by atoms with E-state index >= 15 is 0 Å². The van der Waals surface area contributed by atoms with Gasteiger partial charge in [-0.2, -0.15) is 5.26 Å². The maximum Gasteiger partial charge on any atom is 0.258 e. The van der Waals surface area contributed by atoms with Crippen LogP contribution in [-0.4, -0.2) is 43.0 Å². The van der Waals surface area contributed by atoms with Gasteiger partial charge >= 0.3 is 0 Å². The maximum absolute atomic E-state index is 12.9. The zero-order chi connectivity index (χ0) is 22.1. The second-order valence-electron chi connectivity index (χ2n) is 7.69. The van der Waals surface area contributed by atoms with E-state index in [-0.39, 0.29) is 30.8 Å². The van der Waals surface area contributed by atoms with Crippen LogP contribution in [0.2, 0.25) is 0 Å². The van der Waals surface area contributed by atoms with Crippen molar-refractivity contribution in [3.05, 3.63) is 30.1 Å². The zero-order valence-electron chi connectivity index (χ0n) is 17.1. The lowest BCUT2D eigenvalue weighted by Gasteiger charge is -2.22. The summed E-state index contributed by atoms with van der Waals surface area (Å²) in [5, 5.41) is 17.3. The first-order chi connectivity index (χ1) is 14.3. The quantitative estimate of drug-likeness (QED) is 0.529. The third kappa shape index (κ3) is 7.35. The summed E-state index contributed by atoms with van der Waals surface area (Å²) in [6.45, 7) is 4.05. The van der Waals surface area contributed by atoms with Crippen LogP contribution in [0.1, 0.15) is 33.1 Å². The maximum atomic E-state index is 12.9. The minimum absolute atomic E-state index is 0.111. The highest BCUT2D eigenvalue weighted by atomic mass is 19.1. The monoisotopic (exact) mass is 418 g/mol. The lowest BCUT2D eigenvalue weighted by atomic mass is 9.98. The molecule has 1 fully saturated rings. The van der Waals surface area contributed by atoms with E-state index in [0.717, 1.165) is 0 Å². The van der Waals surface area contributed by atoms with Crippen LogP contribution in [-0.2, 0) is 14.4 Å². The Kier molecular flexibility index (Phi) is 8.59. The molecule has 9 heteroatoms. The molecule has 0 aromatic heterocycles. The molecular weight excluding hydrogens is 391 g/mol. The van der Waals surface area contributed by atoms with Crippen LogP contribution in [0.15, 0.2) is 24.3 Å². The first-order valence-electron chi connectivity index (χ1n) is 9.94. The van der Waals surface area contributed by atoms with Gasteiger partial charge in [-0.3, -0.25) is 14.4 Å². The number of hydrogen-bond acceptors (Lipinski definition) is 5. The highest BCUT2D eigenvalue weighted by Crippen LogP contribution is 2.16. The van der Waals surface area contributed by atoms with Crippen molar-refractivity contribution >= 4 is 17.7 Å². The third-order valence-electron chi connectivity index (χ3n) is 4.70. The van der Waals surface area contributed by atoms with Crippen LogP contribution in [0.25, 0.3) is 0 Å². The molecule has 3 N–H and O–H groups in total. The molecule has 8 nitrogen and oxygen atoms in total. The number of nitrogens with one attached hydrogen (secondary N) is 3. The number of halogens is 1. The van der Waals surface area contributed by atoms with Gasteiger partial charge in [-0.25, -0.2) is 4.39 Å². The number of rotatable bonds is 10. The molecule has 162 valence electrons. The van der Waals surface area contributed by atoms with Gasteiger partial charge in [0.15, 0.2) is 6.61 Å². The minimum atomic E-state index is -0.845. The number of nitriles is 1. The summed E-state index contributed by atoms with van der Waals surface area (Å²) < 4.78 is 18.2. The van der Waals surface area contributed by atoms with Crippen molar-refractivity contribution in [3.63, 3.8) is 0 Å². The van der Waals surface area contributed by atoms with Crippen LogP contribution < -0.4 is 20.7 Å². The number of benzene rings is 1. The van der Waals surface area contributed by atoms with Crippen molar-refractivity contribution in [2.75, 3.05) is 13.2 Å². The molecule has 1 aliphatic heterocycles. The second kappa shape index (κ2) is 11.1. The Bertz CT molecular complexity index is 791. The van der Waals surface area contributed by atoms with E-state index in [1.54, 1.807) is 0 Å². The summed E-state index contributed by atoms with van der Waals surface area (Å²) in [6.07, 6.45) is 1.22. The highest BCUT2D eigenvalue weighted by molar-refractivity contribution is 5.88. The molecule has 0 aliphatic carbocycles. The number of amides is 3. The first-order valence-corrected chi connectivity index (χ1v) is 9.94. The fraction of sp³-hybridized carbons (Fsp3) is 0.524. The molecule has 0 saturated carbocycles. The van der Waals surface area contributed by atoms with Gasteiger partial charge in [-0.05, 0) is 49.4 Å². The van der Waals surface area contributed by atoms with Crippen LogP contribution in [0, 0.1) is 29.0 Å². The fourth-order valence-corrected chi connectivity index (χ4v) is 3.19. The molecular formula is C21H27FN4O4. The molecule has 0 radical (unpaired) electrons. The topological polar surface area (TPSA) is 120 Å². The van der Waals surface area contributed by atoms with Gasteiger partial charge in [0.25, 0.3) is 5.91 Å². The van der Waals surface area contributed by atoms with Crippen LogP contribution in [0.4, 0.5) is 4.39 Å². The Hall–Kier alpha value is -3.15. The molecule has 2 rings (SSSR count). The summed E-state index contributed by atoms with van der Waals surface area (Å²) in [5.74, 6) is -1.39. The smallest absolute Gasteiger partial charge is 0.258 e. The molecule has 1 aromatic carbocycles. The largest absolute Gasteiger partial charge is 0.484 e. The lowest BCUT2D eigenvalue weighted by Crippen LogP contribution is -2.51. The average Bonchev–Trinajstić information content (AvgIpc) is 3.10. The van der Waals surface area contributed by atoms with Gasteiger partial charge in [0.2, 0.25) is 11.8 Å². The number of carbonyl (C=O) groups excluding carboxylic acids is 3. The number of hydrogen-bond donors (Lipinski definition) is 3. The van der Waals surface area contributed by atoms with Gasteiger partial charge in [-0.15, -0.1) is 0 Å². The van der Waals surface area contributed by atoms with Crippen molar-refractivity contribution in [3.8, 4) is 11.8 Å². The number of nitrogens with zero attached hydrogens (tertiary/aromatic N) is 1. The van der Waals surface area contributed by atoms with E-state index in [9.17, 15) is 24.0 Å². The predicted octanol–water partition coefficient (Wildman–Crippen LogP) is 1.27. The van der Waals surface area contributed by atoms with E-state index in [4.69, 9.17) is 4.74 Å². The lowest BCUT2D eigenvalue weighted by molar-refractivity contribution is -0.130. The van der Waals surface area contributed by atoms with Crippen molar-refractivity contribution in [1.29, 1.82) is 5.26 Å². The highest BCUT2D eigenvalue weighted by Gasteiger charge is 2.30. The summed E-state index contributed by atoms with van der Waals surface area (Å²) in [5.41, 5.74) is 0. The van der Waals surface area contributed by atoms with Crippen molar-refractivity contribution < 1.29 is 23.5 Å². The van der Waals surface area contributed by atoms with E-state index in [1.165, 1.54) is 24.3 Å². The Morgan fingerprint density at radius 1 is 1.30 bits per heavy atom. The molecule has 1 heterocycles. The molecule has 0 spiro atoms. The van der Waals surface area contributed by atoms with Crippen LogP contribution in [0.3, 0.4) is 0 Å². The molecule has 1 saturated heterocycles. The standard InChI is InChI=1S/C21H27FN4O4/c1-13(2)9-18(26-19(27)12-30-17-5-3-15(22)4-6-17)21(29)25-16(11-23)10-14-7-8-24-20(14)28/h3-6,13-14,16,18H,7-10,12H2,1-2H3,(H,24,28)(H,25,29)(H,26,27)/t14-,16-,18-/m0/s1. The third-order valence-corrected chi connectivity index (χ3v) is 4.70. The Morgan fingerprint density at radius 2 is 2.00 bits per heavy atom.